The third-order valence-electron chi connectivity index (χ3n) is 2.34. The van der Waals surface area contributed by atoms with Gasteiger partial charge in [0.15, 0.2) is 0 Å². The maximum absolute atomic E-state index is 4.63. The van der Waals surface area contributed by atoms with E-state index in [9.17, 15) is 0 Å². The van der Waals surface area contributed by atoms with E-state index < -0.39 is 0 Å². The number of hydrogen-bond donors (Lipinski definition) is 1. The van der Waals surface area contributed by atoms with Crippen molar-refractivity contribution in [1.82, 2.24) is 0 Å². The van der Waals surface area contributed by atoms with Gasteiger partial charge in [-0.2, -0.15) is 12.6 Å². The van der Waals surface area contributed by atoms with Gasteiger partial charge in [0.25, 0.3) is 0 Å². The van der Waals surface area contributed by atoms with Crippen molar-refractivity contribution in [2.75, 3.05) is 5.75 Å². The second kappa shape index (κ2) is 6.02. The first-order valence-electron chi connectivity index (χ1n) is 5.27. The zero-order valence-electron chi connectivity index (χ0n) is 8.91. The van der Waals surface area contributed by atoms with Gasteiger partial charge in [0.1, 0.15) is 0 Å². The number of thioether (sulfide) groups is 1. The van der Waals surface area contributed by atoms with Crippen LogP contribution in [0.2, 0.25) is 0 Å². The first kappa shape index (κ1) is 11.6. The molecule has 0 heterocycles. The van der Waals surface area contributed by atoms with Gasteiger partial charge in [0.2, 0.25) is 0 Å². The van der Waals surface area contributed by atoms with Gasteiger partial charge in [-0.05, 0) is 17.7 Å². The Labute approximate surface area is 106 Å². The minimum Gasteiger partial charge on any atom is -0.170 e. The standard InChI is InChI=1S/C14H14S2/c15-14(12-7-3-1-4-8-12)11-16-13-9-5-2-6-10-13/h1-10,14-15H,11H2. The van der Waals surface area contributed by atoms with Crippen LogP contribution in [-0.2, 0) is 0 Å². The Bertz CT molecular complexity index is 411. The molecule has 2 rings (SSSR count). The molecule has 0 spiro atoms. The molecule has 0 bridgehead atoms. The van der Waals surface area contributed by atoms with Crippen LogP contribution in [0.1, 0.15) is 10.8 Å². The molecular formula is C14H14S2. The average Bonchev–Trinajstić information content (AvgIpc) is 2.38. The fourth-order valence-electron chi connectivity index (χ4n) is 1.46. The van der Waals surface area contributed by atoms with Crippen LogP contribution in [0, 0.1) is 0 Å². The summed E-state index contributed by atoms with van der Waals surface area (Å²) in [7, 11) is 0. The van der Waals surface area contributed by atoms with Crippen LogP contribution in [0.15, 0.2) is 65.6 Å². The summed E-state index contributed by atoms with van der Waals surface area (Å²) in [6.45, 7) is 0. The first-order valence-corrected chi connectivity index (χ1v) is 6.77. The zero-order valence-corrected chi connectivity index (χ0v) is 10.6. The maximum atomic E-state index is 4.63. The molecule has 0 aliphatic carbocycles. The third-order valence-corrected chi connectivity index (χ3v) is 4.17. The van der Waals surface area contributed by atoms with Gasteiger partial charge >= 0.3 is 0 Å². The maximum Gasteiger partial charge on any atom is 0.0361 e. The molecule has 2 aromatic rings. The van der Waals surface area contributed by atoms with Gasteiger partial charge in [0, 0.05) is 15.9 Å². The molecule has 0 radical (unpaired) electrons. The van der Waals surface area contributed by atoms with E-state index in [-0.39, 0.29) is 0 Å². The molecular weight excluding hydrogens is 232 g/mol. The van der Waals surface area contributed by atoms with Crippen LogP contribution >= 0.6 is 24.4 Å². The van der Waals surface area contributed by atoms with Gasteiger partial charge < -0.3 is 0 Å². The lowest BCUT2D eigenvalue weighted by atomic mass is 10.2. The highest BCUT2D eigenvalue weighted by Crippen LogP contribution is 2.28. The predicted molar refractivity (Wildman–Crippen MR) is 75.3 cm³/mol. The van der Waals surface area contributed by atoms with Crippen LogP contribution in [0.3, 0.4) is 0 Å². The van der Waals surface area contributed by atoms with E-state index >= 15 is 0 Å². The molecule has 0 aliphatic heterocycles. The molecule has 0 N–H and O–H groups in total. The topological polar surface area (TPSA) is 0 Å². The predicted octanol–water partition coefficient (Wildman–Crippen LogP) is 4.45. The van der Waals surface area contributed by atoms with Gasteiger partial charge in [-0.25, -0.2) is 0 Å². The monoisotopic (exact) mass is 246 g/mol. The molecule has 82 valence electrons. The van der Waals surface area contributed by atoms with Crippen LogP contribution in [0.25, 0.3) is 0 Å². The molecule has 1 atom stereocenters. The molecule has 2 aromatic carbocycles. The van der Waals surface area contributed by atoms with E-state index in [1.807, 2.05) is 23.9 Å². The molecule has 0 nitrogen and oxygen atoms in total. The van der Waals surface area contributed by atoms with Gasteiger partial charge in [-0.1, -0.05) is 48.5 Å². The van der Waals surface area contributed by atoms with E-state index in [2.05, 4.69) is 61.2 Å². The summed E-state index contributed by atoms with van der Waals surface area (Å²) in [5.41, 5.74) is 1.29. The lowest BCUT2D eigenvalue weighted by Gasteiger charge is -2.10. The fourth-order valence-corrected chi connectivity index (χ4v) is 2.75. The highest BCUT2D eigenvalue weighted by molar-refractivity contribution is 8.00. The molecule has 2 heteroatoms. The van der Waals surface area contributed by atoms with Crippen molar-refractivity contribution in [3.05, 3.63) is 66.2 Å². The lowest BCUT2D eigenvalue weighted by Crippen LogP contribution is -1.93. The summed E-state index contributed by atoms with van der Waals surface area (Å²) in [4.78, 5) is 1.30. The van der Waals surface area contributed by atoms with E-state index in [4.69, 9.17) is 0 Å². The first-order chi connectivity index (χ1) is 7.86. The minimum absolute atomic E-state index is 0.298. The van der Waals surface area contributed by atoms with Crippen LogP contribution in [0.5, 0.6) is 0 Å². The number of hydrogen-bond acceptors (Lipinski definition) is 2. The van der Waals surface area contributed by atoms with Crippen molar-refractivity contribution in [3.8, 4) is 0 Å². The summed E-state index contributed by atoms with van der Waals surface area (Å²) in [6.07, 6.45) is 0. The van der Waals surface area contributed by atoms with Gasteiger partial charge in [-0.15, -0.1) is 11.8 Å². The minimum atomic E-state index is 0.298. The Morgan fingerprint density at radius 3 is 2.06 bits per heavy atom. The Hall–Kier alpha value is -0.860. The molecule has 1 unspecified atom stereocenters. The molecule has 0 aromatic heterocycles. The molecule has 0 amide bonds. The smallest absolute Gasteiger partial charge is 0.0361 e. The van der Waals surface area contributed by atoms with E-state index in [0.29, 0.717) is 5.25 Å². The Balaban J connectivity index is 1.92. The second-order valence-electron chi connectivity index (χ2n) is 3.55. The summed E-state index contributed by atoms with van der Waals surface area (Å²) in [5, 5.41) is 0.298. The van der Waals surface area contributed by atoms with E-state index in [1.165, 1.54) is 10.5 Å². The van der Waals surface area contributed by atoms with E-state index in [1.54, 1.807) is 0 Å². The van der Waals surface area contributed by atoms with Gasteiger partial charge in [-0.3, -0.25) is 0 Å². The SMILES string of the molecule is SC(CSc1ccccc1)c1ccccc1. The van der Waals surface area contributed by atoms with Crippen molar-refractivity contribution in [2.45, 2.75) is 10.1 Å². The van der Waals surface area contributed by atoms with Crippen molar-refractivity contribution >= 4 is 24.4 Å². The quantitative estimate of drug-likeness (QED) is 0.614. The number of benzene rings is 2. The molecule has 0 saturated carbocycles. The van der Waals surface area contributed by atoms with Crippen LogP contribution in [-0.4, -0.2) is 5.75 Å². The average molecular weight is 246 g/mol. The normalized spacial score (nSPS) is 12.3. The van der Waals surface area contributed by atoms with Crippen LogP contribution < -0.4 is 0 Å². The second-order valence-corrected chi connectivity index (χ2v) is 5.27. The highest BCUT2D eigenvalue weighted by Gasteiger charge is 2.05. The molecule has 0 aliphatic rings. The lowest BCUT2D eigenvalue weighted by molar-refractivity contribution is 1.13. The zero-order chi connectivity index (χ0) is 11.2. The van der Waals surface area contributed by atoms with Gasteiger partial charge in [0.05, 0.1) is 0 Å². The molecule has 0 saturated heterocycles. The van der Waals surface area contributed by atoms with Crippen LogP contribution in [0.4, 0.5) is 0 Å². The molecule has 0 fully saturated rings. The fraction of sp³-hybridized carbons (Fsp3) is 0.143. The van der Waals surface area contributed by atoms with Crippen molar-refractivity contribution in [1.29, 1.82) is 0 Å². The number of rotatable bonds is 4. The van der Waals surface area contributed by atoms with Crippen molar-refractivity contribution < 1.29 is 0 Å². The Kier molecular flexibility index (Phi) is 4.37. The van der Waals surface area contributed by atoms with E-state index in [0.717, 1.165) is 5.75 Å². The summed E-state index contributed by atoms with van der Waals surface area (Å²) in [5.74, 6) is 0.997. The highest BCUT2D eigenvalue weighted by atomic mass is 32.2. The largest absolute Gasteiger partial charge is 0.170 e. The van der Waals surface area contributed by atoms with Crippen molar-refractivity contribution in [2.24, 2.45) is 0 Å². The Morgan fingerprint density at radius 2 is 1.44 bits per heavy atom. The molecule has 16 heavy (non-hydrogen) atoms. The third kappa shape index (κ3) is 3.32. The number of thiol groups is 1. The summed E-state index contributed by atoms with van der Waals surface area (Å²) >= 11 is 6.48. The Morgan fingerprint density at radius 1 is 0.875 bits per heavy atom. The van der Waals surface area contributed by atoms with Crippen molar-refractivity contribution in [3.63, 3.8) is 0 Å². The summed E-state index contributed by atoms with van der Waals surface area (Å²) in [6, 6.07) is 20.9. The summed E-state index contributed by atoms with van der Waals surface area (Å²) < 4.78 is 0.